The van der Waals surface area contributed by atoms with E-state index in [-0.39, 0.29) is 11.5 Å². The van der Waals surface area contributed by atoms with Crippen molar-refractivity contribution in [3.05, 3.63) is 77.9 Å². The maximum atomic E-state index is 12.7. The Morgan fingerprint density at radius 3 is 2.21 bits per heavy atom. The number of hydrogen-bond donors (Lipinski definition) is 1. The molecule has 0 aromatic heterocycles. The van der Waals surface area contributed by atoms with Gasteiger partial charge in [-0.15, -0.1) is 0 Å². The summed E-state index contributed by atoms with van der Waals surface area (Å²) in [6.45, 7) is -0.0192. The van der Waals surface area contributed by atoms with Crippen molar-refractivity contribution in [3.8, 4) is 22.6 Å². The Hall–Kier alpha value is -3.00. The van der Waals surface area contributed by atoms with Crippen molar-refractivity contribution < 1.29 is 31.4 Å². The number of aromatic hydroxyl groups is 1. The van der Waals surface area contributed by atoms with Crippen molar-refractivity contribution in [1.82, 2.24) is 0 Å². The Morgan fingerprint density at radius 1 is 0.931 bits per heavy atom. The van der Waals surface area contributed by atoms with Crippen LogP contribution in [0.3, 0.4) is 0 Å². The Kier molecular flexibility index (Phi) is 5.57. The second kappa shape index (κ2) is 7.79. The van der Waals surface area contributed by atoms with Crippen LogP contribution in [0.1, 0.15) is 11.1 Å². The number of hydrogen-bond acceptors (Lipinski definition) is 4. The van der Waals surface area contributed by atoms with Gasteiger partial charge in [0, 0.05) is 6.26 Å². The van der Waals surface area contributed by atoms with Crippen LogP contribution in [0, 0.1) is 0 Å². The van der Waals surface area contributed by atoms with Crippen molar-refractivity contribution >= 4 is 9.84 Å². The Bertz CT molecular complexity index is 1120. The number of halogens is 3. The third-order valence-corrected chi connectivity index (χ3v) is 5.33. The number of benzene rings is 3. The predicted molar refractivity (Wildman–Crippen MR) is 102 cm³/mol. The zero-order valence-electron chi connectivity index (χ0n) is 15.3. The van der Waals surface area contributed by atoms with E-state index in [9.17, 15) is 26.7 Å². The topological polar surface area (TPSA) is 63.6 Å². The fourth-order valence-electron chi connectivity index (χ4n) is 2.72. The van der Waals surface area contributed by atoms with Gasteiger partial charge < -0.3 is 9.84 Å². The van der Waals surface area contributed by atoms with E-state index in [4.69, 9.17) is 4.74 Å². The number of ether oxygens (including phenoxy) is 1. The molecule has 4 nitrogen and oxygen atoms in total. The molecule has 3 rings (SSSR count). The summed E-state index contributed by atoms with van der Waals surface area (Å²) in [6, 6.07) is 16.5. The first kappa shape index (κ1) is 20.7. The van der Waals surface area contributed by atoms with Crippen LogP contribution in [0.15, 0.2) is 71.6 Å². The molecule has 0 unspecified atom stereocenters. The molecule has 0 spiro atoms. The monoisotopic (exact) mass is 422 g/mol. The molecule has 8 heteroatoms. The first-order valence-corrected chi connectivity index (χ1v) is 10.4. The molecule has 0 aliphatic heterocycles. The lowest BCUT2D eigenvalue weighted by Crippen LogP contribution is -2.06. The minimum atomic E-state index is -4.62. The Morgan fingerprint density at radius 2 is 1.62 bits per heavy atom. The molecule has 0 saturated heterocycles. The average Bonchev–Trinajstić information content (AvgIpc) is 2.65. The van der Waals surface area contributed by atoms with Gasteiger partial charge in [-0.2, -0.15) is 13.2 Å². The number of alkyl halides is 3. The molecular weight excluding hydrogens is 405 g/mol. The summed E-state index contributed by atoms with van der Waals surface area (Å²) < 4.78 is 67.0. The standard InChI is InChI=1S/C21H17F3O4S/c1-29(26,27)18-4-2-3-16(12-18)15-6-8-17(9-7-15)28-13-14-5-10-19(20(25)11-14)21(22,23)24/h2-12,25H,13H2,1H3. The molecule has 3 aromatic carbocycles. The highest BCUT2D eigenvalue weighted by Crippen LogP contribution is 2.36. The van der Waals surface area contributed by atoms with Gasteiger partial charge in [0.05, 0.1) is 10.5 Å². The van der Waals surface area contributed by atoms with Gasteiger partial charge in [0.2, 0.25) is 0 Å². The molecule has 0 atom stereocenters. The largest absolute Gasteiger partial charge is 0.507 e. The maximum Gasteiger partial charge on any atom is 0.419 e. The molecule has 0 aliphatic carbocycles. The summed E-state index contributed by atoms with van der Waals surface area (Å²) in [5, 5.41) is 9.55. The van der Waals surface area contributed by atoms with Crippen LogP contribution in [0.4, 0.5) is 13.2 Å². The lowest BCUT2D eigenvalue weighted by atomic mass is 10.1. The van der Waals surface area contributed by atoms with Gasteiger partial charge in [-0.1, -0.05) is 30.3 Å². The molecule has 0 saturated carbocycles. The third kappa shape index (κ3) is 5.08. The first-order chi connectivity index (χ1) is 13.5. The molecule has 0 amide bonds. The highest BCUT2D eigenvalue weighted by atomic mass is 32.2. The van der Waals surface area contributed by atoms with Crippen LogP contribution < -0.4 is 4.74 Å². The van der Waals surface area contributed by atoms with Crippen molar-refractivity contribution in [2.24, 2.45) is 0 Å². The van der Waals surface area contributed by atoms with E-state index >= 15 is 0 Å². The third-order valence-electron chi connectivity index (χ3n) is 4.22. The zero-order valence-corrected chi connectivity index (χ0v) is 16.1. The predicted octanol–water partition coefficient (Wildman–Crippen LogP) is 5.06. The smallest absolute Gasteiger partial charge is 0.419 e. The molecule has 1 N–H and O–H groups in total. The highest BCUT2D eigenvalue weighted by molar-refractivity contribution is 7.90. The molecule has 0 aliphatic rings. The Labute approximate surface area is 166 Å². The van der Waals surface area contributed by atoms with Crippen molar-refractivity contribution in [3.63, 3.8) is 0 Å². The molecule has 0 heterocycles. The van der Waals surface area contributed by atoms with Crippen molar-refractivity contribution in [1.29, 1.82) is 0 Å². The summed E-state index contributed by atoms with van der Waals surface area (Å²) in [7, 11) is -3.31. The molecule has 3 aromatic rings. The molecular formula is C21H17F3O4S. The summed E-state index contributed by atoms with van der Waals surface area (Å²) in [5.41, 5.74) is 0.810. The van der Waals surface area contributed by atoms with Gasteiger partial charge in [0.25, 0.3) is 0 Å². The van der Waals surface area contributed by atoms with E-state index in [0.29, 0.717) is 11.3 Å². The number of rotatable bonds is 5. The van der Waals surface area contributed by atoms with Crippen molar-refractivity contribution in [2.45, 2.75) is 17.7 Å². The van der Waals surface area contributed by atoms with Crippen LogP contribution in [-0.4, -0.2) is 19.8 Å². The van der Waals surface area contributed by atoms with Crippen LogP contribution in [0.25, 0.3) is 11.1 Å². The number of phenolic OH excluding ortho intramolecular Hbond substituents is 1. The lowest BCUT2D eigenvalue weighted by Gasteiger charge is -2.11. The van der Waals surface area contributed by atoms with Crippen LogP contribution in [0.5, 0.6) is 11.5 Å². The number of phenols is 1. The van der Waals surface area contributed by atoms with Gasteiger partial charge in [0.15, 0.2) is 9.84 Å². The molecule has 29 heavy (non-hydrogen) atoms. The summed E-state index contributed by atoms with van der Waals surface area (Å²) in [6.07, 6.45) is -3.48. The molecule has 0 radical (unpaired) electrons. The highest BCUT2D eigenvalue weighted by Gasteiger charge is 2.33. The lowest BCUT2D eigenvalue weighted by molar-refractivity contribution is -0.138. The second-order valence-corrected chi connectivity index (χ2v) is 8.48. The zero-order chi connectivity index (χ0) is 21.2. The first-order valence-electron chi connectivity index (χ1n) is 8.46. The van der Waals surface area contributed by atoms with E-state index in [0.717, 1.165) is 29.5 Å². The van der Waals surface area contributed by atoms with Crippen LogP contribution in [0.2, 0.25) is 0 Å². The fraction of sp³-hybridized carbons (Fsp3) is 0.143. The van der Waals surface area contributed by atoms with Gasteiger partial charge in [-0.25, -0.2) is 8.42 Å². The minimum absolute atomic E-state index is 0.0192. The molecule has 0 fully saturated rings. The summed E-state index contributed by atoms with van der Waals surface area (Å²) in [4.78, 5) is 0.220. The normalized spacial score (nSPS) is 12.0. The SMILES string of the molecule is CS(=O)(=O)c1cccc(-c2ccc(OCc3ccc(C(F)(F)F)c(O)c3)cc2)c1. The molecule has 152 valence electrons. The van der Waals surface area contributed by atoms with Gasteiger partial charge in [-0.3, -0.25) is 0 Å². The number of sulfone groups is 1. The average molecular weight is 422 g/mol. The van der Waals surface area contributed by atoms with Gasteiger partial charge in [0.1, 0.15) is 18.1 Å². The van der Waals surface area contributed by atoms with Gasteiger partial charge >= 0.3 is 6.18 Å². The van der Waals surface area contributed by atoms with E-state index in [2.05, 4.69) is 0 Å². The quantitative estimate of drug-likeness (QED) is 0.624. The maximum absolute atomic E-state index is 12.7. The van der Waals surface area contributed by atoms with E-state index in [1.54, 1.807) is 42.5 Å². The van der Waals surface area contributed by atoms with Crippen molar-refractivity contribution in [2.75, 3.05) is 6.26 Å². The van der Waals surface area contributed by atoms with E-state index < -0.39 is 27.3 Å². The van der Waals surface area contributed by atoms with Gasteiger partial charge in [-0.05, 0) is 53.1 Å². The van der Waals surface area contributed by atoms with E-state index in [1.165, 1.54) is 12.1 Å². The summed E-state index contributed by atoms with van der Waals surface area (Å²) >= 11 is 0. The Balaban J connectivity index is 1.71. The fourth-order valence-corrected chi connectivity index (χ4v) is 3.39. The van der Waals surface area contributed by atoms with Crippen LogP contribution >= 0.6 is 0 Å². The van der Waals surface area contributed by atoms with Crippen LogP contribution in [-0.2, 0) is 22.6 Å². The minimum Gasteiger partial charge on any atom is -0.507 e. The second-order valence-electron chi connectivity index (χ2n) is 6.46. The molecule has 0 bridgehead atoms. The summed E-state index contributed by atoms with van der Waals surface area (Å²) in [5.74, 6) is -0.368. The van der Waals surface area contributed by atoms with E-state index in [1.807, 2.05) is 0 Å².